The lowest BCUT2D eigenvalue weighted by Crippen LogP contribution is -1.93. The van der Waals surface area contributed by atoms with E-state index in [1.54, 1.807) is 7.11 Å². The van der Waals surface area contributed by atoms with Crippen molar-refractivity contribution >= 4 is 5.69 Å². The number of aromatic nitrogens is 1. The van der Waals surface area contributed by atoms with Crippen molar-refractivity contribution in [2.45, 2.75) is 6.92 Å². The van der Waals surface area contributed by atoms with Crippen molar-refractivity contribution < 1.29 is 9.66 Å². The smallest absolute Gasteiger partial charge is 0.288 e. The largest absolute Gasteiger partial charge is 0.497 e. The van der Waals surface area contributed by atoms with Gasteiger partial charge in [0, 0.05) is 17.3 Å². The maximum atomic E-state index is 10.7. The van der Waals surface area contributed by atoms with Crippen molar-refractivity contribution in [1.29, 1.82) is 0 Å². The summed E-state index contributed by atoms with van der Waals surface area (Å²) < 4.78 is 5.07. The highest BCUT2D eigenvalue weighted by atomic mass is 16.6. The number of ether oxygens (including phenoxy) is 1. The Hall–Kier alpha value is -2.43. The zero-order valence-corrected chi connectivity index (χ0v) is 10.1. The van der Waals surface area contributed by atoms with E-state index in [1.807, 2.05) is 31.2 Å². The molecule has 0 fully saturated rings. The fourth-order valence-electron chi connectivity index (χ4n) is 1.68. The van der Waals surface area contributed by atoms with Gasteiger partial charge >= 0.3 is 0 Å². The summed E-state index contributed by atoms with van der Waals surface area (Å²) in [4.78, 5) is 14.3. The third kappa shape index (κ3) is 2.29. The molecule has 0 aliphatic rings. The molecule has 0 aliphatic heterocycles. The van der Waals surface area contributed by atoms with E-state index in [0.29, 0.717) is 0 Å². The molecule has 0 atom stereocenters. The number of benzene rings is 1. The van der Waals surface area contributed by atoms with E-state index >= 15 is 0 Å². The van der Waals surface area contributed by atoms with Crippen LogP contribution in [0.15, 0.2) is 36.5 Å². The number of methoxy groups -OCH3 is 1. The van der Waals surface area contributed by atoms with Crippen LogP contribution in [0.25, 0.3) is 11.1 Å². The van der Waals surface area contributed by atoms with Crippen LogP contribution < -0.4 is 4.74 Å². The van der Waals surface area contributed by atoms with Crippen molar-refractivity contribution in [1.82, 2.24) is 4.98 Å². The molecule has 1 heterocycles. The van der Waals surface area contributed by atoms with Gasteiger partial charge in [-0.15, -0.1) is 0 Å². The lowest BCUT2D eigenvalue weighted by Gasteiger charge is -2.06. The number of hydrogen-bond donors (Lipinski definition) is 0. The lowest BCUT2D eigenvalue weighted by atomic mass is 10.0. The Labute approximate surface area is 104 Å². The second kappa shape index (κ2) is 4.83. The van der Waals surface area contributed by atoms with Crippen LogP contribution in [0.5, 0.6) is 5.75 Å². The van der Waals surface area contributed by atoms with Crippen LogP contribution in [0.3, 0.4) is 0 Å². The highest BCUT2D eigenvalue weighted by Gasteiger charge is 2.11. The first-order chi connectivity index (χ1) is 8.61. The van der Waals surface area contributed by atoms with E-state index in [9.17, 15) is 10.1 Å². The van der Waals surface area contributed by atoms with E-state index in [4.69, 9.17) is 4.74 Å². The van der Waals surface area contributed by atoms with Gasteiger partial charge in [0.05, 0.1) is 12.0 Å². The maximum Gasteiger partial charge on any atom is 0.288 e. The van der Waals surface area contributed by atoms with Crippen molar-refractivity contribution in [2.24, 2.45) is 0 Å². The summed E-state index contributed by atoms with van der Waals surface area (Å²) in [5, 5.41) is 10.7. The van der Waals surface area contributed by atoms with Crippen LogP contribution in [0.1, 0.15) is 5.69 Å². The molecule has 0 radical (unpaired) electrons. The van der Waals surface area contributed by atoms with Crippen molar-refractivity contribution in [3.63, 3.8) is 0 Å². The molecule has 92 valence electrons. The van der Waals surface area contributed by atoms with E-state index < -0.39 is 4.92 Å². The van der Waals surface area contributed by atoms with Crippen LogP contribution in [0.4, 0.5) is 5.69 Å². The molecule has 1 aromatic carbocycles. The molecule has 0 bridgehead atoms. The molecule has 0 amide bonds. The number of rotatable bonds is 3. The van der Waals surface area contributed by atoms with Crippen molar-refractivity contribution in [2.75, 3.05) is 7.11 Å². The Bertz CT molecular complexity index is 579. The summed E-state index contributed by atoms with van der Waals surface area (Å²) in [6, 6.07) is 8.87. The first-order valence-electron chi connectivity index (χ1n) is 5.37. The van der Waals surface area contributed by atoms with E-state index in [-0.39, 0.29) is 5.69 Å². The molecular weight excluding hydrogens is 232 g/mol. The fraction of sp³-hybridized carbons (Fsp3) is 0.154. The second-order valence-corrected chi connectivity index (χ2v) is 3.81. The number of nitrogens with zero attached hydrogens (tertiary/aromatic N) is 2. The van der Waals surface area contributed by atoms with Gasteiger partial charge in [0.15, 0.2) is 0 Å². The van der Waals surface area contributed by atoms with Gasteiger partial charge in [0.1, 0.15) is 11.9 Å². The molecule has 18 heavy (non-hydrogen) atoms. The maximum absolute atomic E-state index is 10.7. The summed E-state index contributed by atoms with van der Waals surface area (Å²) in [6.07, 6.45) is 1.27. The molecule has 0 saturated carbocycles. The summed E-state index contributed by atoms with van der Waals surface area (Å²) >= 11 is 0. The number of pyridine rings is 1. The minimum Gasteiger partial charge on any atom is -0.497 e. The quantitative estimate of drug-likeness (QED) is 0.615. The molecule has 0 unspecified atom stereocenters. The van der Waals surface area contributed by atoms with Crippen molar-refractivity contribution in [3.8, 4) is 16.9 Å². The summed E-state index contributed by atoms with van der Waals surface area (Å²) in [5.41, 5.74) is 2.38. The Morgan fingerprint density at radius 3 is 2.50 bits per heavy atom. The predicted molar refractivity (Wildman–Crippen MR) is 67.6 cm³/mol. The van der Waals surface area contributed by atoms with Gasteiger partial charge in [-0.05, 0) is 24.6 Å². The van der Waals surface area contributed by atoms with Gasteiger partial charge < -0.3 is 4.74 Å². The number of aryl methyl sites for hydroxylation is 1. The van der Waals surface area contributed by atoms with Crippen LogP contribution >= 0.6 is 0 Å². The third-order valence-electron chi connectivity index (χ3n) is 2.68. The lowest BCUT2D eigenvalue weighted by molar-refractivity contribution is -0.385. The van der Waals surface area contributed by atoms with Gasteiger partial charge in [0.25, 0.3) is 5.69 Å². The van der Waals surface area contributed by atoms with Crippen LogP contribution in [-0.4, -0.2) is 17.0 Å². The Morgan fingerprint density at radius 1 is 1.28 bits per heavy atom. The van der Waals surface area contributed by atoms with E-state index in [0.717, 1.165) is 22.6 Å². The van der Waals surface area contributed by atoms with E-state index in [1.165, 1.54) is 12.3 Å². The van der Waals surface area contributed by atoms with E-state index in [2.05, 4.69) is 4.98 Å². The number of nitro groups is 1. The minimum atomic E-state index is -0.445. The molecule has 1 aromatic heterocycles. The average molecular weight is 244 g/mol. The Kier molecular flexibility index (Phi) is 3.23. The standard InChI is InChI=1S/C13H12N2O3/c1-9-13(7-11(8-14-9)15(16)17)10-3-5-12(18-2)6-4-10/h3-8H,1-2H3. The predicted octanol–water partition coefficient (Wildman–Crippen LogP) is 2.97. The molecule has 0 spiro atoms. The molecule has 0 aliphatic carbocycles. The molecule has 0 saturated heterocycles. The monoisotopic (exact) mass is 244 g/mol. The van der Waals surface area contributed by atoms with Crippen LogP contribution in [0.2, 0.25) is 0 Å². The highest BCUT2D eigenvalue weighted by molar-refractivity contribution is 5.68. The molecule has 0 N–H and O–H groups in total. The molecule has 2 aromatic rings. The SMILES string of the molecule is COc1ccc(-c2cc([N+](=O)[O-])cnc2C)cc1. The molecule has 2 rings (SSSR count). The molecule has 5 heteroatoms. The first kappa shape index (κ1) is 12.0. The van der Waals surface area contributed by atoms with Gasteiger partial charge in [-0.1, -0.05) is 12.1 Å². The summed E-state index contributed by atoms with van der Waals surface area (Å²) in [7, 11) is 1.59. The molecule has 5 nitrogen and oxygen atoms in total. The molecular formula is C13H12N2O3. The topological polar surface area (TPSA) is 65.3 Å². The average Bonchev–Trinajstić information content (AvgIpc) is 2.39. The highest BCUT2D eigenvalue weighted by Crippen LogP contribution is 2.27. The van der Waals surface area contributed by atoms with Crippen molar-refractivity contribution in [3.05, 3.63) is 52.3 Å². The van der Waals surface area contributed by atoms with Gasteiger partial charge in [0.2, 0.25) is 0 Å². The van der Waals surface area contributed by atoms with Gasteiger partial charge in [-0.2, -0.15) is 0 Å². The minimum absolute atomic E-state index is 0.00795. The Balaban J connectivity index is 2.48. The first-order valence-corrected chi connectivity index (χ1v) is 5.37. The van der Waals surface area contributed by atoms with Gasteiger partial charge in [-0.3, -0.25) is 15.1 Å². The zero-order chi connectivity index (χ0) is 13.1. The van der Waals surface area contributed by atoms with Crippen LogP contribution in [0, 0.1) is 17.0 Å². The normalized spacial score (nSPS) is 10.1. The number of hydrogen-bond acceptors (Lipinski definition) is 4. The Morgan fingerprint density at radius 2 is 1.94 bits per heavy atom. The summed E-state index contributed by atoms with van der Waals surface area (Å²) in [5.74, 6) is 0.745. The second-order valence-electron chi connectivity index (χ2n) is 3.81. The zero-order valence-electron chi connectivity index (χ0n) is 10.1. The fourth-order valence-corrected chi connectivity index (χ4v) is 1.68. The van der Waals surface area contributed by atoms with Crippen LogP contribution in [-0.2, 0) is 0 Å². The third-order valence-corrected chi connectivity index (χ3v) is 2.68. The summed E-state index contributed by atoms with van der Waals surface area (Å²) in [6.45, 7) is 1.82. The van der Waals surface area contributed by atoms with Gasteiger partial charge in [-0.25, -0.2) is 0 Å².